The summed E-state index contributed by atoms with van der Waals surface area (Å²) < 4.78 is 5.36. The average molecular weight is 212 g/mol. The van der Waals surface area contributed by atoms with Crippen molar-refractivity contribution in [3.63, 3.8) is 0 Å². The summed E-state index contributed by atoms with van der Waals surface area (Å²) in [5, 5.41) is 11.8. The molecule has 0 saturated heterocycles. The van der Waals surface area contributed by atoms with Crippen LogP contribution >= 0.6 is 0 Å². The molecule has 2 nitrogen and oxygen atoms in total. The van der Waals surface area contributed by atoms with E-state index < -0.39 is 0 Å². The Morgan fingerprint density at radius 3 is 2.56 bits per heavy atom. The van der Waals surface area contributed by atoms with Crippen LogP contribution in [0.15, 0.2) is 36.4 Å². The van der Waals surface area contributed by atoms with Crippen molar-refractivity contribution in [1.29, 1.82) is 0 Å². The van der Waals surface area contributed by atoms with Crippen molar-refractivity contribution in [2.24, 2.45) is 0 Å². The summed E-state index contributed by atoms with van der Waals surface area (Å²) in [4.78, 5) is 0. The largest absolute Gasteiger partial charge is 0.504 e. The fraction of sp³-hybridized carbons (Fsp3) is 0.143. The maximum atomic E-state index is 9.73. The van der Waals surface area contributed by atoms with Gasteiger partial charge in [0.25, 0.3) is 0 Å². The highest BCUT2D eigenvalue weighted by Gasteiger charge is 2.03. The zero-order chi connectivity index (χ0) is 11.4. The zero-order valence-corrected chi connectivity index (χ0v) is 9.03. The van der Waals surface area contributed by atoms with E-state index in [1.165, 1.54) is 0 Å². The van der Waals surface area contributed by atoms with E-state index in [0.717, 1.165) is 10.8 Å². The number of phenols is 1. The normalized spacial score (nSPS) is 9.56. The Balaban J connectivity index is 2.36. The molecule has 0 aliphatic carbocycles. The summed E-state index contributed by atoms with van der Waals surface area (Å²) in [5.41, 5.74) is 0. The van der Waals surface area contributed by atoms with Gasteiger partial charge in [-0.3, -0.25) is 0 Å². The van der Waals surface area contributed by atoms with Gasteiger partial charge in [-0.2, -0.15) is 0 Å². The lowest BCUT2D eigenvalue weighted by molar-refractivity contribution is 0.342. The molecule has 16 heavy (non-hydrogen) atoms. The number of hydrogen-bond donors (Lipinski definition) is 1. The van der Waals surface area contributed by atoms with E-state index in [9.17, 15) is 5.11 Å². The molecule has 80 valence electrons. The molecule has 0 radical (unpaired) electrons. The molecular formula is C14H12O2. The molecule has 0 aromatic heterocycles. The van der Waals surface area contributed by atoms with Crippen LogP contribution in [0.2, 0.25) is 0 Å². The highest BCUT2D eigenvalue weighted by atomic mass is 16.5. The molecule has 2 heteroatoms. The van der Waals surface area contributed by atoms with E-state index in [4.69, 9.17) is 4.74 Å². The minimum atomic E-state index is 0.150. The van der Waals surface area contributed by atoms with Gasteiger partial charge in [-0.15, -0.1) is 5.92 Å². The van der Waals surface area contributed by atoms with Crippen LogP contribution in [-0.4, -0.2) is 11.7 Å². The number of fused-ring (bicyclic) bond motifs is 1. The lowest BCUT2D eigenvalue weighted by Gasteiger charge is -2.06. The van der Waals surface area contributed by atoms with Crippen LogP contribution in [0.1, 0.15) is 6.92 Å². The van der Waals surface area contributed by atoms with Crippen LogP contribution in [-0.2, 0) is 0 Å². The van der Waals surface area contributed by atoms with Gasteiger partial charge in [-0.1, -0.05) is 30.2 Å². The molecule has 0 aliphatic heterocycles. The van der Waals surface area contributed by atoms with E-state index >= 15 is 0 Å². The van der Waals surface area contributed by atoms with Crippen LogP contribution in [0.4, 0.5) is 0 Å². The molecule has 0 atom stereocenters. The fourth-order valence-corrected chi connectivity index (χ4v) is 1.51. The van der Waals surface area contributed by atoms with Crippen molar-refractivity contribution in [2.45, 2.75) is 6.92 Å². The van der Waals surface area contributed by atoms with Gasteiger partial charge in [0.2, 0.25) is 0 Å². The molecule has 0 unspecified atom stereocenters. The number of rotatable bonds is 2. The summed E-state index contributed by atoms with van der Waals surface area (Å²) in [6.07, 6.45) is 0. The topological polar surface area (TPSA) is 29.5 Å². The quantitative estimate of drug-likeness (QED) is 0.775. The third-order valence-electron chi connectivity index (χ3n) is 2.30. The van der Waals surface area contributed by atoms with Gasteiger partial charge in [0.05, 0.1) is 0 Å². The van der Waals surface area contributed by atoms with Crippen molar-refractivity contribution in [3.8, 4) is 23.3 Å². The fourth-order valence-electron chi connectivity index (χ4n) is 1.51. The summed E-state index contributed by atoms with van der Waals surface area (Å²) in [7, 11) is 0. The SMILES string of the molecule is CC#CCOc1cc2ccccc2cc1O. The highest BCUT2D eigenvalue weighted by Crippen LogP contribution is 2.31. The smallest absolute Gasteiger partial charge is 0.163 e. The molecule has 1 N–H and O–H groups in total. The van der Waals surface area contributed by atoms with E-state index in [2.05, 4.69) is 11.8 Å². The average Bonchev–Trinajstić information content (AvgIpc) is 2.30. The first-order valence-corrected chi connectivity index (χ1v) is 5.05. The minimum Gasteiger partial charge on any atom is -0.504 e. The number of ether oxygens (including phenoxy) is 1. The predicted octanol–water partition coefficient (Wildman–Crippen LogP) is 2.95. The van der Waals surface area contributed by atoms with Gasteiger partial charge < -0.3 is 9.84 Å². The van der Waals surface area contributed by atoms with E-state index in [-0.39, 0.29) is 5.75 Å². The van der Waals surface area contributed by atoms with Gasteiger partial charge in [0.1, 0.15) is 6.61 Å². The summed E-state index contributed by atoms with van der Waals surface area (Å²) in [6.45, 7) is 2.05. The first-order chi connectivity index (χ1) is 7.81. The van der Waals surface area contributed by atoms with Crippen molar-refractivity contribution in [2.75, 3.05) is 6.61 Å². The van der Waals surface area contributed by atoms with Gasteiger partial charge in [-0.25, -0.2) is 0 Å². The molecule has 0 saturated carbocycles. The third kappa shape index (κ3) is 2.09. The molecule has 2 aromatic rings. The second-order valence-corrected chi connectivity index (χ2v) is 3.38. The lowest BCUT2D eigenvalue weighted by Crippen LogP contribution is -1.94. The maximum absolute atomic E-state index is 9.73. The van der Waals surface area contributed by atoms with Crippen LogP contribution in [0, 0.1) is 11.8 Å². The number of benzene rings is 2. The Kier molecular flexibility index (Phi) is 2.98. The maximum Gasteiger partial charge on any atom is 0.163 e. The third-order valence-corrected chi connectivity index (χ3v) is 2.30. The van der Waals surface area contributed by atoms with Crippen LogP contribution in [0.25, 0.3) is 10.8 Å². The Morgan fingerprint density at radius 1 is 1.19 bits per heavy atom. The van der Waals surface area contributed by atoms with Crippen LogP contribution in [0.3, 0.4) is 0 Å². The molecule has 0 heterocycles. The first-order valence-electron chi connectivity index (χ1n) is 5.05. The zero-order valence-electron chi connectivity index (χ0n) is 9.03. The molecule has 0 aliphatic rings. The Morgan fingerprint density at radius 2 is 1.88 bits per heavy atom. The van der Waals surface area contributed by atoms with Crippen molar-refractivity contribution in [1.82, 2.24) is 0 Å². The summed E-state index contributed by atoms with van der Waals surface area (Å²) >= 11 is 0. The monoisotopic (exact) mass is 212 g/mol. The van der Waals surface area contributed by atoms with Gasteiger partial charge >= 0.3 is 0 Å². The molecule has 0 bridgehead atoms. The second kappa shape index (κ2) is 4.59. The first kappa shape index (κ1) is 10.4. The molecule has 0 amide bonds. The van der Waals surface area contributed by atoms with E-state index in [0.29, 0.717) is 12.4 Å². The number of aromatic hydroxyl groups is 1. The van der Waals surface area contributed by atoms with Gasteiger partial charge in [0, 0.05) is 0 Å². The van der Waals surface area contributed by atoms with Crippen LogP contribution < -0.4 is 4.74 Å². The number of phenolic OH excluding ortho intramolecular Hbond substituents is 1. The van der Waals surface area contributed by atoms with Gasteiger partial charge in [-0.05, 0) is 29.8 Å². The summed E-state index contributed by atoms with van der Waals surface area (Å²) in [6, 6.07) is 11.3. The molecule has 0 fully saturated rings. The highest BCUT2D eigenvalue weighted by molar-refractivity contribution is 5.85. The van der Waals surface area contributed by atoms with E-state index in [1.807, 2.05) is 30.3 Å². The van der Waals surface area contributed by atoms with Crippen LogP contribution in [0.5, 0.6) is 11.5 Å². The van der Waals surface area contributed by atoms with E-state index in [1.54, 1.807) is 13.0 Å². The molecular weight excluding hydrogens is 200 g/mol. The van der Waals surface area contributed by atoms with Crippen molar-refractivity contribution < 1.29 is 9.84 Å². The van der Waals surface area contributed by atoms with Gasteiger partial charge in [0.15, 0.2) is 11.5 Å². The predicted molar refractivity (Wildman–Crippen MR) is 64.6 cm³/mol. The molecule has 2 aromatic carbocycles. The molecule has 0 spiro atoms. The Bertz CT molecular complexity index is 562. The molecule has 2 rings (SSSR count). The minimum absolute atomic E-state index is 0.150. The standard InChI is InChI=1S/C14H12O2/c1-2-3-8-16-14-10-12-7-5-4-6-11(12)9-13(14)15/h4-7,9-10,15H,8H2,1H3. The lowest BCUT2D eigenvalue weighted by atomic mass is 10.1. The Hall–Kier alpha value is -2.14. The van der Waals surface area contributed by atoms with Crippen molar-refractivity contribution >= 4 is 10.8 Å². The number of hydrogen-bond acceptors (Lipinski definition) is 2. The summed E-state index contributed by atoms with van der Waals surface area (Å²) in [5.74, 6) is 6.15. The Labute approximate surface area is 94.5 Å². The van der Waals surface area contributed by atoms with Crippen molar-refractivity contribution in [3.05, 3.63) is 36.4 Å². The second-order valence-electron chi connectivity index (χ2n) is 3.38.